The molecule has 0 fully saturated rings. The van der Waals surface area contributed by atoms with Crippen LogP contribution in [0.25, 0.3) is 0 Å². The number of carbonyl (C=O) groups is 3. The number of hydrogen-bond donors (Lipinski definition) is 3. The number of anilines is 3. The molecule has 0 saturated heterocycles. The monoisotopic (exact) mass is 562 g/mol. The minimum atomic E-state index is -0.212. The van der Waals surface area contributed by atoms with Crippen molar-refractivity contribution < 1.29 is 14.4 Å². The van der Waals surface area contributed by atoms with Crippen LogP contribution in [0.15, 0.2) is 42.6 Å². The van der Waals surface area contributed by atoms with Crippen molar-refractivity contribution >= 4 is 35.2 Å². The third-order valence-corrected chi connectivity index (χ3v) is 5.64. The summed E-state index contributed by atoms with van der Waals surface area (Å²) in [6.45, 7) is 3.93. The molecule has 0 spiro atoms. The van der Waals surface area contributed by atoms with Gasteiger partial charge in [0.25, 0.3) is 5.91 Å². The number of hydrogen-bond acceptors (Lipinski definition) is 8. The molecule has 1 aromatic carbocycles. The number of rotatable bonds is 14. The third kappa shape index (κ3) is 12.1. The summed E-state index contributed by atoms with van der Waals surface area (Å²) in [5.74, 6) is 6.81. The predicted octanol–water partition coefficient (Wildman–Crippen LogP) is 2.57. The number of likely N-dealkylation sites (N-methyl/N-ethyl adjacent to an activating group) is 2. The molecule has 11 heteroatoms. The summed E-state index contributed by atoms with van der Waals surface area (Å²) in [5.41, 5.74) is 2.05. The zero-order chi connectivity index (χ0) is 30.2. The Morgan fingerprint density at radius 1 is 1.02 bits per heavy atom. The number of aromatic nitrogens is 2. The van der Waals surface area contributed by atoms with Gasteiger partial charge in [0.05, 0.1) is 18.3 Å². The van der Waals surface area contributed by atoms with E-state index in [0.717, 1.165) is 18.7 Å². The van der Waals surface area contributed by atoms with Crippen LogP contribution in [0, 0.1) is 11.8 Å². The van der Waals surface area contributed by atoms with Crippen molar-refractivity contribution in [3.8, 4) is 11.8 Å². The average molecular weight is 563 g/mol. The Balaban J connectivity index is 1.88. The molecule has 0 unspecified atom stereocenters. The van der Waals surface area contributed by atoms with Crippen LogP contribution in [0.3, 0.4) is 0 Å². The van der Waals surface area contributed by atoms with E-state index in [1.165, 1.54) is 15.9 Å². The fraction of sp³-hybridized carbons (Fsp3) is 0.433. The zero-order valence-corrected chi connectivity index (χ0v) is 25.0. The standard InChI is InChI=1S/C30H42N8O3/c1-7-18-32-28-24(21-33-30(35-28)34-25-16-14-23(15-17-25)29(41)37(4)5)12-9-8-10-19-31-26(39)22-38(6)27(40)13-11-20-36(2)3/h11,13-17,21H,7-8,10,18-20,22H2,1-6H3,(H,31,39)(H2,32,33,34,35)/b13-11+. The maximum absolute atomic E-state index is 12.2. The minimum absolute atomic E-state index is 0.000646. The molecular formula is C30H42N8O3. The van der Waals surface area contributed by atoms with E-state index in [1.807, 2.05) is 31.1 Å². The van der Waals surface area contributed by atoms with Gasteiger partial charge in [-0.3, -0.25) is 14.4 Å². The molecule has 0 aliphatic carbocycles. The molecular weight excluding hydrogens is 520 g/mol. The highest BCUT2D eigenvalue weighted by Crippen LogP contribution is 2.18. The van der Waals surface area contributed by atoms with Crippen LogP contribution in [0.4, 0.5) is 17.5 Å². The number of carbonyl (C=O) groups excluding carboxylic acids is 3. The molecule has 1 aromatic heterocycles. The molecule has 11 nitrogen and oxygen atoms in total. The van der Waals surface area contributed by atoms with Gasteiger partial charge in [-0.25, -0.2) is 4.98 Å². The van der Waals surface area contributed by atoms with E-state index in [1.54, 1.807) is 45.5 Å². The summed E-state index contributed by atoms with van der Waals surface area (Å²) in [4.78, 5) is 50.2. The minimum Gasteiger partial charge on any atom is -0.369 e. The molecule has 1 heterocycles. The Kier molecular flexibility index (Phi) is 13.8. The molecule has 41 heavy (non-hydrogen) atoms. The van der Waals surface area contributed by atoms with Gasteiger partial charge in [0, 0.05) is 64.5 Å². The van der Waals surface area contributed by atoms with Gasteiger partial charge in [0.2, 0.25) is 17.8 Å². The topological polar surface area (TPSA) is 123 Å². The second-order valence-electron chi connectivity index (χ2n) is 9.90. The van der Waals surface area contributed by atoms with Crippen molar-refractivity contribution in [3.05, 3.63) is 53.7 Å². The Hall–Kier alpha value is -4.43. The number of amides is 3. The maximum Gasteiger partial charge on any atom is 0.253 e. The lowest BCUT2D eigenvalue weighted by atomic mass is 10.2. The lowest BCUT2D eigenvalue weighted by Gasteiger charge is -2.14. The lowest BCUT2D eigenvalue weighted by Crippen LogP contribution is -2.38. The van der Waals surface area contributed by atoms with E-state index in [0.29, 0.717) is 48.8 Å². The molecule has 0 aliphatic rings. The Bertz CT molecular complexity index is 1250. The molecule has 0 radical (unpaired) electrons. The molecule has 2 rings (SSSR count). The quantitative estimate of drug-likeness (QED) is 0.182. The number of benzene rings is 1. The van der Waals surface area contributed by atoms with Gasteiger partial charge in [-0.1, -0.05) is 24.8 Å². The maximum atomic E-state index is 12.2. The summed E-state index contributed by atoms with van der Waals surface area (Å²) in [6, 6.07) is 7.13. The Morgan fingerprint density at radius 3 is 2.41 bits per heavy atom. The van der Waals surface area contributed by atoms with Gasteiger partial charge in [-0.05, 0) is 51.2 Å². The van der Waals surface area contributed by atoms with Crippen LogP contribution >= 0.6 is 0 Å². The predicted molar refractivity (Wildman–Crippen MR) is 163 cm³/mol. The molecule has 0 bridgehead atoms. The highest BCUT2D eigenvalue weighted by molar-refractivity contribution is 5.94. The van der Waals surface area contributed by atoms with Gasteiger partial charge in [-0.15, -0.1) is 0 Å². The summed E-state index contributed by atoms with van der Waals surface area (Å²) >= 11 is 0. The van der Waals surface area contributed by atoms with Crippen molar-refractivity contribution in [3.63, 3.8) is 0 Å². The molecule has 3 N–H and O–H groups in total. The van der Waals surface area contributed by atoms with Gasteiger partial charge in [0.15, 0.2) is 0 Å². The van der Waals surface area contributed by atoms with E-state index in [-0.39, 0.29) is 24.3 Å². The number of nitrogens with one attached hydrogen (secondary N) is 3. The second kappa shape index (κ2) is 17.3. The highest BCUT2D eigenvalue weighted by Gasteiger charge is 2.11. The lowest BCUT2D eigenvalue weighted by molar-refractivity contribution is -0.131. The van der Waals surface area contributed by atoms with Crippen LogP contribution in [0.2, 0.25) is 0 Å². The van der Waals surface area contributed by atoms with Crippen molar-refractivity contribution in [2.75, 3.05) is 72.1 Å². The first kappa shape index (κ1) is 32.8. The van der Waals surface area contributed by atoms with Gasteiger partial charge in [-0.2, -0.15) is 4.98 Å². The molecule has 3 amide bonds. The van der Waals surface area contributed by atoms with Gasteiger partial charge < -0.3 is 30.7 Å². The average Bonchev–Trinajstić information content (AvgIpc) is 2.94. The molecule has 0 atom stereocenters. The summed E-state index contributed by atoms with van der Waals surface area (Å²) in [5, 5.41) is 9.29. The number of unbranched alkanes of at least 4 members (excludes halogenated alkanes) is 1. The van der Waals surface area contributed by atoms with Crippen molar-refractivity contribution in [2.24, 2.45) is 0 Å². The van der Waals surface area contributed by atoms with E-state index in [2.05, 4.69) is 44.7 Å². The number of nitrogens with zero attached hydrogens (tertiary/aromatic N) is 5. The van der Waals surface area contributed by atoms with Crippen LogP contribution in [-0.4, -0.2) is 104 Å². The van der Waals surface area contributed by atoms with E-state index in [9.17, 15) is 14.4 Å². The van der Waals surface area contributed by atoms with Crippen molar-refractivity contribution in [1.82, 2.24) is 30.0 Å². The largest absolute Gasteiger partial charge is 0.369 e. The summed E-state index contributed by atoms with van der Waals surface area (Å²) < 4.78 is 0. The first-order valence-electron chi connectivity index (χ1n) is 13.6. The van der Waals surface area contributed by atoms with Crippen molar-refractivity contribution in [2.45, 2.75) is 26.2 Å². The summed E-state index contributed by atoms with van der Waals surface area (Å²) in [7, 11) is 8.87. The van der Waals surface area contributed by atoms with Crippen molar-refractivity contribution in [1.29, 1.82) is 0 Å². The van der Waals surface area contributed by atoms with E-state index in [4.69, 9.17) is 0 Å². The fourth-order valence-electron chi connectivity index (χ4n) is 3.40. The molecule has 220 valence electrons. The van der Waals surface area contributed by atoms with Crippen LogP contribution in [0.1, 0.15) is 42.1 Å². The summed E-state index contributed by atoms with van der Waals surface area (Å²) in [6.07, 6.45) is 7.09. The van der Waals surface area contributed by atoms with E-state index < -0.39 is 0 Å². The first-order valence-corrected chi connectivity index (χ1v) is 13.6. The zero-order valence-electron chi connectivity index (χ0n) is 25.0. The molecule has 0 aliphatic heterocycles. The fourth-order valence-corrected chi connectivity index (χ4v) is 3.40. The van der Waals surface area contributed by atoms with E-state index >= 15 is 0 Å². The normalized spacial score (nSPS) is 10.6. The van der Waals surface area contributed by atoms with Gasteiger partial charge in [0.1, 0.15) is 5.82 Å². The van der Waals surface area contributed by atoms with Crippen LogP contribution in [-0.2, 0) is 9.59 Å². The van der Waals surface area contributed by atoms with Gasteiger partial charge >= 0.3 is 0 Å². The smallest absolute Gasteiger partial charge is 0.253 e. The first-order chi connectivity index (χ1) is 19.6. The van der Waals surface area contributed by atoms with Crippen LogP contribution < -0.4 is 16.0 Å². The Morgan fingerprint density at radius 2 is 1.76 bits per heavy atom. The third-order valence-electron chi connectivity index (χ3n) is 5.64. The molecule has 0 saturated carbocycles. The Labute approximate surface area is 243 Å². The highest BCUT2D eigenvalue weighted by atomic mass is 16.2. The SMILES string of the molecule is CCCNc1nc(Nc2ccc(C(=O)N(C)C)cc2)ncc1C#CCCCNC(=O)CN(C)C(=O)/C=C/CN(C)C. The van der Waals surface area contributed by atoms with Crippen LogP contribution in [0.5, 0.6) is 0 Å². The second-order valence-corrected chi connectivity index (χ2v) is 9.90. The molecule has 2 aromatic rings.